The van der Waals surface area contributed by atoms with Crippen molar-refractivity contribution in [3.63, 3.8) is 0 Å². The first-order valence-corrected chi connectivity index (χ1v) is 9.73. The van der Waals surface area contributed by atoms with Crippen LogP contribution in [0.1, 0.15) is 16.2 Å². The molecule has 4 aromatic rings. The van der Waals surface area contributed by atoms with E-state index in [2.05, 4.69) is 15.5 Å². The van der Waals surface area contributed by atoms with E-state index in [-0.39, 0.29) is 5.91 Å². The number of anilines is 1. The number of rotatable bonds is 6. The number of carbonyl (C=O) groups excluding carboxylic acids is 1. The SMILES string of the molecule is COc1ccc(Oc2ccc(Cl)cc2NC(=O)c2ccc(-c3nc(C)no3)cc2)cc1. The van der Waals surface area contributed by atoms with Crippen molar-refractivity contribution >= 4 is 23.2 Å². The van der Waals surface area contributed by atoms with Crippen molar-refractivity contribution in [2.45, 2.75) is 6.92 Å². The zero-order valence-electron chi connectivity index (χ0n) is 16.8. The van der Waals surface area contributed by atoms with Crippen molar-refractivity contribution in [1.29, 1.82) is 0 Å². The van der Waals surface area contributed by atoms with Crippen molar-refractivity contribution in [2.24, 2.45) is 0 Å². The van der Waals surface area contributed by atoms with E-state index in [4.69, 9.17) is 25.6 Å². The van der Waals surface area contributed by atoms with Crippen LogP contribution >= 0.6 is 11.6 Å². The van der Waals surface area contributed by atoms with Gasteiger partial charge >= 0.3 is 0 Å². The summed E-state index contributed by atoms with van der Waals surface area (Å²) in [6.45, 7) is 1.74. The summed E-state index contributed by atoms with van der Waals surface area (Å²) >= 11 is 6.13. The number of nitrogens with zero attached hydrogens (tertiary/aromatic N) is 2. The van der Waals surface area contributed by atoms with Gasteiger partial charge in [0.25, 0.3) is 11.8 Å². The van der Waals surface area contributed by atoms with E-state index in [1.807, 2.05) is 0 Å². The van der Waals surface area contributed by atoms with Crippen LogP contribution in [0.2, 0.25) is 5.02 Å². The molecular weight excluding hydrogens is 418 g/mol. The van der Waals surface area contributed by atoms with Crippen LogP contribution in [0.15, 0.2) is 71.3 Å². The molecule has 156 valence electrons. The van der Waals surface area contributed by atoms with Gasteiger partial charge < -0.3 is 19.3 Å². The number of halogens is 1. The Morgan fingerprint density at radius 1 is 1.00 bits per heavy atom. The first-order valence-electron chi connectivity index (χ1n) is 9.35. The van der Waals surface area contributed by atoms with Gasteiger partial charge in [-0.15, -0.1) is 0 Å². The van der Waals surface area contributed by atoms with E-state index in [1.165, 1.54) is 0 Å². The molecule has 0 fully saturated rings. The van der Waals surface area contributed by atoms with Gasteiger partial charge in [-0.05, 0) is 73.7 Å². The first-order chi connectivity index (χ1) is 15.0. The topological polar surface area (TPSA) is 86.5 Å². The average Bonchev–Trinajstić information content (AvgIpc) is 3.22. The predicted molar refractivity (Wildman–Crippen MR) is 117 cm³/mol. The number of aryl methyl sites for hydroxylation is 1. The van der Waals surface area contributed by atoms with Gasteiger partial charge in [-0.3, -0.25) is 4.79 Å². The molecule has 8 heteroatoms. The molecule has 0 saturated carbocycles. The Morgan fingerprint density at radius 2 is 1.71 bits per heavy atom. The van der Waals surface area contributed by atoms with Crippen LogP contribution in [-0.2, 0) is 0 Å². The zero-order chi connectivity index (χ0) is 21.8. The highest BCUT2D eigenvalue weighted by molar-refractivity contribution is 6.31. The molecule has 0 spiro atoms. The van der Waals surface area contributed by atoms with E-state index >= 15 is 0 Å². The molecule has 4 rings (SSSR count). The van der Waals surface area contributed by atoms with E-state index in [1.54, 1.807) is 80.8 Å². The Kier molecular flexibility index (Phi) is 5.86. The smallest absolute Gasteiger partial charge is 0.257 e. The number of aromatic nitrogens is 2. The molecule has 1 aromatic heterocycles. The lowest BCUT2D eigenvalue weighted by Crippen LogP contribution is -2.12. The Labute approximate surface area is 183 Å². The molecule has 0 aliphatic rings. The maximum absolute atomic E-state index is 12.8. The molecule has 3 aromatic carbocycles. The van der Waals surface area contributed by atoms with Gasteiger partial charge in [-0.2, -0.15) is 4.98 Å². The standard InChI is InChI=1S/C23H18ClN3O4/c1-14-25-23(31-27-14)16-5-3-15(4-6-16)22(28)26-20-13-17(24)7-12-21(20)30-19-10-8-18(29-2)9-11-19/h3-13H,1-2H3,(H,26,28). The van der Waals surface area contributed by atoms with Crippen LogP contribution in [0.25, 0.3) is 11.5 Å². The molecule has 31 heavy (non-hydrogen) atoms. The largest absolute Gasteiger partial charge is 0.497 e. The summed E-state index contributed by atoms with van der Waals surface area (Å²) < 4.78 is 16.2. The average molecular weight is 436 g/mol. The lowest BCUT2D eigenvalue weighted by Gasteiger charge is -2.13. The number of carbonyl (C=O) groups is 1. The summed E-state index contributed by atoms with van der Waals surface area (Å²) in [4.78, 5) is 17.0. The van der Waals surface area contributed by atoms with Gasteiger partial charge in [0.15, 0.2) is 11.6 Å². The number of nitrogens with one attached hydrogen (secondary N) is 1. The predicted octanol–water partition coefficient (Wildman–Crippen LogP) is 5.75. The third kappa shape index (κ3) is 4.84. The number of hydrogen-bond acceptors (Lipinski definition) is 6. The van der Waals surface area contributed by atoms with Gasteiger partial charge in [0, 0.05) is 16.1 Å². The molecule has 0 aliphatic heterocycles. The number of ether oxygens (including phenoxy) is 2. The minimum atomic E-state index is -0.310. The van der Waals surface area contributed by atoms with E-state index in [0.29, 0.717) is 39.5 Å². The van der Waals surface area contributed by atoms with E-state index in [9.17, 15) is 4.79 Å². The van der Waals surface area contributed by atoms with Gasteiger partial charge in [0.05, 0.1) is 12.8 Å². The highest BCUT2D eigenvalue weighted by atomic mass is 35.5. The molecule has 1 heterocycles. The molecule has 1 amide bonds. The Bertz CT molecular complexity index is 1200. The van der Waals surface area contributed by atoms with E-state index in [0.717, 1.165) is 11.3 Å². The van der Waals surface area contributed by atoms with Crippen LogP contribution in [0, 0.1) is 6.92 Å². The summed E-state index contributed by atoms with van der Waals surface area (Å²) in [7, 11) is 1.60. The molecule has 0 unspecified atom stereocenters. The minimum Gasteiger partial charge on any atom is -0.497 e. The number of methoxy groups -OCH3 is 1. The van der Waals surface area contributed by atoms with Crippen LogP contribution in [0.3, 0.4) is 0 Å². The van der Waals surface area contributed by atoms with E-state index < -0.39 is 0 Å². The Hall–Kier alpha value is -3.84. The number of hydrogen-bond donors (Lipinski definition) is 1. The van der Waals surface area contributed by atoms with Crippen molar-refractivity contribution in [1.82, 2.24) is 10.1 Å². The number of benzene rings is 3. The van der Waals surface area contributed by atoms with Crippen LogP contribution in [-0.4, -0.2) is 23.2 Å². The Morgan fingerprint density at radius 3 is 2.35 bits per heavy atom. The maximum atomic E-state index is 12.8. The van der Waals surface area contributed by atoms with Crippen molar-refractivity contribution < 1.29 is 18.8 Å². The fourth-order valence-electron chi connectivity index (χ4n) is 2.83. The van der Waals surface area contributed by atoms with Crippen molar-refractivity contribution in [2.75, 3.05) is 12.4 Å². The van der Waals surface area contributed by atoms with Crippen molar-refractivity contribution in [3.8, 4) is 28.7 Å². The molecular formula is C23H18ClN3O4. The van der Waals surface area contributed by atoms with Crippen LogP contribution < -0.4 is 14.8 Å². The molecule has 0 aliphatic carbocycles. The maximum Gasteiger partial charge on any atom is 0.257 e. The molecule has 0 atom stereocenters. The summed E-state index contributed by atoms with van der Waals surface area (Å²) in [6.07, 6.45) is 0. The molecule has 0 saturated heterocycles. The second kappa shape index (κ2) is 8.89. The normalized spacial score (nSPS) is 10.5. The molecule has 0 radical (unpaired) electrons. The molecule has 0 bridgehead atoms. The summed E-state index contributed by atoms with van der Waals surface area (Å²) in [5.41, 5.74) is 1.63. The quantitative estimate of drug-likeness (QED) is 0.415. The fourth-order valence-corrected chi connectivity index (χ4v) is 3.00. The third-order valence-electron chi connectivity index (χ3n) is 4.40. The monoisotopic (exact) mass is 435 g/mol. The second-order valence-corrected chi connectivity index (χ2v) is 7.03. The van der Waals surface area contributed by atoms with Gasteiger partial charge in [-0.1, -0.05) is 16.8 Å². The van der Waals surface area contributed by atoms with Crippen molar-refractivity contribution in [3.05, 3.63) is 83.1 Å². The summed E-state index contributed by atoms with van der Waals surface area (Å²) in [6, 6.07) is 19.0. The zero-order valence-corrected chi connectivity index (χ0v) is 17.5. The number of amides is 1. The second-order valence-electron chi connectivity index (χ2n) is 6.60. The first kappa shape index (κ1) is 20.4. The van der Waals surface area contributed by atoms with Crippen LogP contribution in [0.5, 0.6) is 17.2 Å². The van der Waals surface area contributed by atoms with Gasteiger partial charge in [0.1, 0.15) is 11.5 Å². The molecule has 1 N–H and O–H groups in total. The highest BCUT2D eigenvalue weighted by Crippen LogP contribution is 2.33. The lowest BCUT2D eigenvalue weighted by molar-refractivity contribution is 0.102. The van der Waals surface area contributed by atoms with Gasteiger partial charge in [0.2, 0.25) is 0 Å². The minimum absolute atomic E-state index is 0.310. The highest BCUT2D eigenvalue weighted by Gasteiger charge is 2.13. The summed E-state index contributed by atoms with van der Waals surface area (Å²) in [5, 5.41) is 7.09. The molecule has 7 nitrogen and oxygen atoms in total. The lowest BCUT2D eigenvalue weighted by atomic mass is 10.1. The van der Waals surface area contributed by atoms with Gasteiger partial charge in [-0.25, -0.2) is 0 Å². The summed E-state index contributed by atoms with van der Waals surface area (Å²) in [5.74, 6) is 2.40. The Balaban J connectivity index is 1.52. The third-order valence-corrected chi connectivity index (χ3v) is 4.63. The fraction of sp³-hybridized carbons (Fsp3) is 0.0870. The van der Waals surface area contributed by atoms with Crippen LogP contribution in [0.4, 0.5) is 5.69 Å².